The summed E-state index contributed by atoms with van der Waals surface area (Å²) in [7, 11) is -3.87. The fourth-order valence-electron chi connectivity index (χ4n) is 3.56. The average molecular weight is 361 g/mol. The molecule has 1 aromatic carbocycles. The Bertz CT molecular complexity index is 941. The van der Waals surface area contributed by atoms with Crippen molar-refractivity contribution in [2.45, 2.75) is 50.0 Å². The quantitative estimate of drug-likeness (QED) is 0.845. The maximum absolute atomic E-state index is 12.6. The predicted octanol–water partition coefficient (Wildman–Crippen LogP) is 1.00. The molecule has 8 nitrogen and oxygen atoms in total. The zero-order valence-electron chi connectivity index (χ0n) is 13.7. The summed E-state index contributed by atoms with van der Waals surface area (Å²) in [6, 6.07) is 3.09. The van der Waals surface area contributed by atoms with Gasteiger partial charge in [0.1, 0.15) is 5.82 Å². The molecule has 0 radical (unpaired) electrons. The zero-order valence-corrected chi connectivity index (χ0v) is 14.5. The number of nitrogens with one attached hydrogen (secondary N) is 1. The van der Waals surface area contributed by atoms with Crippen LogP contribution in [0.15, 0.2) is 17.0 Å². The Hall–Kier alpha value is -2.26. The van der Waals surface area contributed by atoms with E-state index < -0.39 is 15.9 Å². The molecule has 0 unspecified atom stereocenters. The summed E-state index contributed by atoms with van der Waals surface area (Å²) in [6.07, 6.45) is 5.23. The molecular weight excluding hydrogens is 342 g/mol. The van der Waals surface area contributed by atoms with E-state index in [1.165, 1.54) is 6.07 Å². The Morgan fingerprint density at radius 3 is 2.76 bits per heavy atom. The second kappa shape index (κ2) is 5.92. The minimum atomic E-state index is -3.87. The lowest BCUT2D eigenvalue weighted by Gasteiger charge is -2.10. The van der Waals surface area contributed by atoms with Crippen LogP contribution in [0.5, 0.6) is 0 Å². The first-order valence-corrected chi connectivity index (χ1v) is 9.90. The lowest BCUT2D eigenvalue weighted by Crippen LogP contribution is -2.18. The summed E-state index contributed by atoms with van der Waals surface area (Å²) in [5, 5.41) is 12.3. The summed E-state index contributed by atoms with van der Waals surface area (Å²) in [5.74, 6) is 0.683. The largest absolute Gasteiger partial charge is 0.289 e. The molecule has 1 amide bonds. The van der Waals surface area contributed by atoms with Gasteiger partial charge in [-0.25, -0.2) is 18.2 Å². The van der Waals surface area contributed by atoms with E-state index in [0.29, 0.717) is 6.42 Å². The predicted molar refractivity (Wildman–Crippen MR) is 90.8 cm³/mol. The van der Waals surface area contributed by atoms with E-state index in [1.807, 2.05) is 0 Å². The summed E-state index contributed by atoms with van der Waals surface area (Å²) < 4.78 is 25.6. The maximum Gasteiger partial charge on any atom is 0.258 e. The summed E-state index contributed by atoms with van der Waals surface area (Å²) in [6.45, 7) is 0.798. The van der Waals surface area contributed by atoms with Gasteiger partial charge in [0.2, 0.25) is 16.0 Å². The minimum Gasteiger partial charge on any atom is -0.289 e. The van der Waals surface area contributed by atoms with Crippen molar-refractivity contribution in [3.63, 3.8) is 0 Å². The molecule has 2 heterocycles. The van der Waals surface area contributed by atoms with E-state index in [0.717, 1.165) is 55.6 Å². The SMILES string of the molecule is NS(=O)(=O)c1cc(C(=O)Nc2nc3n(n2)CCCC3)cc2c1CCC2. The van der Waals surface area contributed by atoms with Crippen LogP contribution in [0.2, 0.25) is 0 Å². The number of hydrogen-bond donors (Lipinski definition) is 2. The van der Waals surface area contributed by atoms with E-state index in [1.54, 1.807) is 10.7 Å². The third-order valence-electron chi connectivity index (χ3n) is 4.74. The Morgan fingerprint density at radius 2 is 2.00 bits per heavy atom. The van der Waals surface area contributed by atoms with Gasteiger partial charge in [-0.05, 0) is 55.4 Å². The first-order valence-electron chi connectivity index (χ1n) is 8.35. The summed E-state index contributed by atoms with van der Waals surface area (Å²) in [4.78, 5) is 17.0. The van der Waals surface area contributed by atoms with Crippen LogP contribution in [0.1, 0.15) is 46.6 Å². The van der Waals surface area contributed by atoms with Crippen molar-refractivity contribution in [3.8, 4) is 0 Å². The van der Waals surface area contributed by atoms with Crippen LogP contribution in [-0.2, 0) is 35.8 Å². The number of aryl methyl sites for hydroxylation is 3. The lowest BCUT2D eigenvalue weighted by molar-refractivity contribution is 0.102. The van der Waals surface area contributed by atoms with Gasteiger partial charge in [0.15, 0.2) is 0 Å². The summed E-state index contributed by atoms with van der Waals surface area (Å²) >= 11 is 0. The molecule has 1 aliphatic carbocycles. The standard InChI is InChI=1S/C16H19N5O3S/c17-25(23,24)13-9-11(8-10-4-3-5-12(10)13)15(22)19-16-18-14-6-1-2-7-21(14)20-16/h8-9H,1-7H2,(H2,17,23,24)(H,19,20,22). The number of amides is 1. The van der Waals surface area contributed by atoms with Crippen LogP contribution < -0.4 is 10.5 Å². The highest BCUT2D eigenvalue weighted by atomic mass is 32.2. The van der Waals surface area contributed by atoms with E-state index in [4.69, 9.17) is 5.14 Å². The van der Waals surface area contributed by atoms with E-state index >= 15 is 0 Å². The molecule has 1 aromatic heterocycles. The number of anilines is 1. The smallest absolute Gasteiger partial charge is 0.258 e. The van der Waals surface area contributed by atoms with E-state index in [2.05, 4.69) is 15.4 Å². The van der Waals surface area contributed by atoms with Crippen LogP contribution in [0.4, 0.5) is 5.95 Å². The molecule has 3 N–H and O–H groups in total. The molecule has 0 saturated heterocycles. The molecule has 0 bridgehead atoms. The molecule has 0 spiro atoms. The second-order valence-electron chi connectivity index (χ2n) is 6.50. The van der Waals surface area contributed by atoms with Crippen molar-refractivity contribution in [1.82, 2.24) is 14.8 Å². The van der Waals surface area contributed by atoms with Crippen molar-refractivity contribution in [3.05, 3.63) is 34.6 Å². The van der Waals surface area contributed by atoms with Crippen LogP contribution >= 0.6 is 0 Å². The number of hydrogen-bond acceptors (Lipinski definition) is 5. The van der Waals surface area contributed by atoms with Gasteiger partial charge in [0, 0.05) is 18.5 Å². The highest BCUT2D eigenvalue weighted by molar-refractivity contribution is 7.89. The van der Waals surface area contributed by atoms with Gasteiger partial charge in [0.05, 0.1) is 4.90 Å². The third-order valence-corrected chi connectivity index (χ3v) is 5.71. The molecule has 0 atom stereocenters. The Morgan fingerprint density at radius 1 is 1.16 bits per heavy atom. The van der Waals surface area contributed by atoms with E-state index in [9.17, 15) is 13.2 Å². The summed E-state index contributed by atoms with van der Waals surface area (Å²) in [5.41, 5.74) is 1.86. The molecule has 0 fully saturated rings. The number of carbonyl (C=O) groups is 1. The Labute approximate surface area is 145 Å². The molecular formula is C16H19N5O3S. The molecule has 4 rings (SSSR count). The van der Waals surface area contributed by atoms with Crippen molar-refractivity contribution in [1.29, 1.82) is 0 Å². The number of benzene rings is 1. The first kappa shape index (κ1) is 16.2. The first-order chi connectivity index (χ1) is 11.9. The van der Waals surface area contributed by atoms with Gasteiger partial charge in [-0.2, -0.15) is 4.98 Å². The second-order valence-corrected chi connectivity index (χ2v) is 8.03. The number of fused-ring (bicyclic) bond motifs is 2. The van der Waals surface area contributed by atoms with Gasteiger partial charge in [-0.1, -0.05) is 0 Å². The maximum atomic E-state index is 12.6. The van der Waals surface area contributed by atoms with Gasteiger partial charge >= 0.3 is 0 Å². The molecule has 2 aromatic rings. The number of rotatable bonds is 3. The fraction of sp³-hybridized carbons (Fsp3) is 0.438. The van der Waals surface area contributed by atoms with Gasteiger partial charge < -0.3 is 0 Å². The van der Waals surface area contributed by atoms with Crippen molar-refractivity contribution in [2.24, 2.45) is 5.14 Å². The normalized spacial score (nSPS) is 16.4. The molecule has 132 valence electrons. The lowest BCUT2D eigenvalue weighted by atomic mass is 10.1. The van der Waals surface area contributed by atoms with Crippen LogP contribution in [0.3, 0.4) is 0 Å². The minimum absolute atomic E-state index is 0.0461. The van der Waals surface area contributed by atoms with Gasteiger partial charge in [-0.15, -0.1) is 5.10 Å². The number of nitrogens with zero attached hydrogens (tertiary/aromatic N) is 3. The van der Waals surface area contributed by atoms with Crippen molar-refractivity contribution < 1.29 is 13.2 Å². The van der Waals surface area contributed by atoms with Crippen LogP contribution in [0, 0.1) is 0 Å². The van der Waals surface area contributed by atoms with Crippen LogP contribution in [0.25, 0.3) is 0 Å². The molecule has 2 aliphatic rings. The number of aromatic nitrogens is 3. The topological polar surface area (TPSA) is 120 Å². The molecule has 9 heteroatoms. The molecule has 25 heavy (non-hydrogen) atoms. The molecule has 0 saturated carbocycles. The fourth-order valence-corrected chi connectivity index (χ4v) is 4.43. The number of carbonyl (C=O) groups excluding carboxylic acids is 1. The van der Waals surface area contributed by atoms with Gasteiger partial charge in [0.25, 0.3) is 5.91 Å². The monoisotopic (exact) mass is 361 g/mol. The van der Waals surface area contributed by atoms with Gasteiger partial charge in [-0.3, -0.25) is 10.1 Å². The van der Waals surface area contributed by atoms with E-state index in [-0.39, 0.29) is 16.4 Å². The van der Waals surface area contributed by atoms with Crippen LogP contribution in [-0.4, -0.2) is 29.1 Å². The Kier molecular flexibility index (Phi) is 3.84. The molecule has 1 aliphatic heterocycles. The zero-order chi connectivity index (χ0) is 17.6. The number of sulfonamides is 1. The number of nitrogens with two attached hydrogens (primary N) is 1. The number of primary sulfonamides is 1. The highest BCUT2D eigenvalue weighted by Gasteiger charge is 2.24. The average Bonchev–Trinajstić information content (AvgIpc) is 3.18. The van der Waals surface area contributed by atoms with Crippen molar-refractivity contribution in [2.75, 3.05) is 5.32 Å². The Balaban J connectivity index is 1.65. The third kappa shape index (κ3) is 3.05. The van der Waals surface area contributed by atoms with Crippen molar-refractivity contribution >= 4 is 21.9 Å². The highest BCUT2D eigenvalue weighted by Crippen LogP contribution is 2.29.